The van der Waals surface area contributed by atoms with E-state index in [4.69, 9.17) is 21.1 Å². The van der Waals surface area contributed by atoms with E-state index in [2.05, 4.69) is 15.0 Å². The van der Waals surface area contributed by atoms with E-state index in [-0.39, 0.29) is 11.8 Å². The Morgan fingerprint density at radius 2 is 2.24 bits per heavy atom. The summed E-state index contributed by atoms with van der Waals surface area (Å²) in [5.41, 5.74) is 1.23. The van der Waals surface area contributed by atoms with E-state index < -0.39 is 0 Å². The first-order valence-electron chi connectivity index (χ1n) is 6.67. The lowest BCUT2D eigenvalue weighted by Crippen LogP contribution is -2.08. The highest BCUT2D eigenvalue weighted by Crippen LogP contribution is 2.22. The molecule has 0 saturated heterocycles. The number of fused-ring (bicyclic) bond motifs is 1. The smallest absolute Gasteiger partial charge is 0.305 e. The van der Waals surface area contributed by atoms with Gasteiger partial charge in [-0.2, -0.15) is 4.98 Å². The molecule has 2 aromatic heterocycles. The second kappa shape index (κ2) is 7.21. The summed E-state index contributed by atoms with van der Waals surface area (Å²) in [6, 6.07) is 0. The van der Waals surface area contributed by atoms with Crippen molar-refractivity contribution in [1.82, 2.24) is 19.5 Å². The van der Waals surface area contributed by atoms with Crippen molar-refractivity contribution in [2.45, 2.75) is 32.2 Å². The minimum atomic E-state index is -0.207. The van der Waals surface area contributed by atoms with Crippen LogP contribution in [0.15, 0.2) is 6.33 Å². The molecule has 0 aromatic carbocycles. The van der Waals surface area contributed by atoms with Gasteiger partial charge in [-0.25, -0.2) is 9.97 Å². The number of methoxy groups -OCH3 is 1. The Bertz CT molecular complexity index is 629. The number of imidazole rings is 1. The number of nitrogens with zero attached hydrogens (tertiary/aromatic N) is 4. The number of hydrogen-bond acceptors (Lipinski definition) is 6. The summed E-state index contributed by atoms with van der Waals surface area (Å²) in [6.07, 6.45) is 2.39. The number of aryl methyl sites for hydroxylation is 1. The molecule has 114 valence electrons. The zero-order valence-electron chi connectivity index (χ0n) is 12.0. The van der Waals surface area contributed by atoms with Crippen LogP contribution < -0.4 is 4.74 Å². The predicted molar refractivity (Wildman–Crippen MR) is 77.3 cm³/mol. The van der Waals surface area contributed by atoms with E-state index in [9.17, 15) is 4.79 Å². The fraction of sp³-hybridized carbons (Fsp3) is 0.538. The minimum Gasteiger partial charge on any atom is -0.479 e. The van der Waals surface area contributed by atoms with Gasteiger partial charge in [-0.05, 0) is 13.3 Å². The number of ether oxygens (including phenoxy) is 2. The molecule has 0 saturated carbocycles. The van der Waals surface area contributed by atoms with Gasteiger partial charge in [0, 0.05) is 13.0 Å². The van der Waals surface area contributed by atoms with Crippen molar-refractivity contribution in [3.8, 4) is 5.88 Å². The molecule has 21 heavy (non-hydrogen) atoms. The average molecular weight is 313 g/mol. The molecule has 0 spiro atoms. The monoisotopic (exact) mass is 312 g/mol. The second-order valence-electron chi connectivity index (χ2n) is 4.28. The third-order valence-electron chi connectivity index (χ3n) is 2.96. The highest BCUT2D eigenvalue weighted by Gasteiger charge is 2.15. The van der Waals surface area contributed by atoms with Gasteiger partial charge in [-0.1, -0.05) is 0 Å². The SMILES string of the molecule is CCOC(=O)CCCn1c(CCl)nc2c(OC)ncnc21. The summed E-state index contributed by atoms with van der Waals surface area (Å²) in [5, 5.41) is 0. The van der Waals surface area contributed by atoms with Crippen LogP contribution >= 0.6 is 11.6 Å². The van der Waals surface area contributed by atoms with Gasteiger partial charge in [0.2, 0.25) is 5.88 Å². The molecular weight excluding hydrogens is 296 g/mol. The summed E-state index contributed by atoms with van der Waals surface area (Å²) in [5.74, 6) is 1.13. The highest BCUT2D eigenvalue weighted by atomic mass is 35.5. The van der Waals surface area contributed by atoms with Crippen LogP contribution in [-0.4, -0.2) is 39.2 Å². The first-order chi connectivity index (χ1) is 10.2. The molecule has 0 amide bonds. The van der Waals surface area contributed by atoms with E-state index in [1.807, 2.05) is 4.57 Å². The Balaban J connectivity index is 2.20. The standard InChI is InChI=1S/C13H17ClN4O3/c1-3-21-10(19)5-4-6-18-9(7-14)17-11-12(18)15-8-16-13(11)20-2/h8H,3-7H2,1-2H3. The summed E-state index contributed by atoms with van der Waals surface area (Å²) in [6.45, 7) is 2.76. The van der Waals surface area contributed by atoms with Crippen molar-refractivity contribution in [3.63, 3.8) is 0 Å². The van der Waals surface area contributed by atoms with Crippen molar-refractivity contribution in [2.75, 3.05) is 13.7 Å². The van der Waals surface area contributed by atoms with Crippen LogP contribution in [0.4, 0.5) is 0 Å². The maximum absolute atomic E-state index is 11.4. The van der Waals surface area contributed by atoms with E-state index in [1.165, 1.54) is 13.4 Å². The third kappa shape index (κ3) is 3.41. The summed E-state index contributed by atoms with van der Waals surface area (Å²) in [7, 11) is 1.53. The first-order valence-corrected chi connectivity index (χ1v) is 7.20. The van der Waals surface area contributed by atoms with Crippen molar-refractivity contribution in [1.29, 1.82) is 0 Å². The van der Waals surface area contributed by atoms with Gasteiger partial charge in [-0.3, -0.25) is 4.79 Å². The van der Waals surface area contributed by atoms with Crippen LogP contribution in [0.2, 0.25) is 0 Å². The molecule has 0 fully saturated rings. The fourth-order valence-corrected chi connectivity index (χ4v) is 2.27. The lowest BCUT2D eigenvalue weighted by molar-refractivity contribution is -0.143. The van der Waals surface area contributed by atoms with Gasteiger partial charge in [0.1, 0.15) is 12.2 Å². The van der Waals surface area contributed by atoms with Crippen LogP contribution in [-0.2, 0) is 22.0 Å². The third-order valence-corrected chi connectivity index (χ3v) is 3.20. The maximum Gasteiger partial charge on any atom is 0.305 e. The van der Waals surface area contributed by atoms with Crippen molar-refractivity contribution in [2.24, 2.45) is 0 Å². The number of esters is 1. The molecule has 0 atom stereocenters. The Morgan fingerprint density at radius 1 is 1.43 bits per heavy atom. The summed E-state index contributed by atoms with van der Waals surface area (Å²) >= 11 is 5.93. The van der Waals surface area contributed by atoms with Gasteiger partial charge in [-0.15, -0.1) is 11.6 Å². The molecular formula is C13H17ClN4O3. The Labute approximate surface area is 127 Å². The average Bonchev–Trinajstić information content (AvgIpc) is 2.85. The van der Waals surface area contributed by atoms with Gasteiger partial charge in [0.05, 0.1) is 19.6 Å². The number of alkyl halides is 1. The van der Waals surface area contributed by atoms with Gasteiger partial charge < -0.3 is 14.0 Å². The summed E-state index contributed by atoms with van der Waals surface area (Å²) < 4.78 is 12.0. The van der Waals surface area contributed by atoms with E-state index in [0.29, 0.717) is 48.9 Å². The van der Waals surface area contributed by atoms with Gasteiger partial charge in [0.25, 0.3) is 0 Å². The van der Waals surface area contributed by atoms with Gasteiger partial charge in [0.15, 0.2) is 11.2 Å². The predicted octanol–water partition coefficient (Wildman–Crippen LogP) is 1.92. The summed E-state index contributed by atoms with van der Waals surface area (Å²) in [4.78, 5) is 24.0. The highest BCUT2D eigenvalue weighted by molar-refractivity contribution is 6.16. The number of carbonyl (C=O) groups is 1. The lowest BCUT2D eigenvalue weighted by atomic mass is 10.3. The normalized spacial score (nSPS) is 10.8. The molecule has 2 heterocycles. The molecule has 0 aliphatic heterocycles. The molecule has 0 N–H and O–H groups in total. The zero-order chi connectivity index (χ0) is 15.2. The molecule has 2 aromatic rings. The number of aromatic nitrogens is 4. The van der Waals surface area contributed by atoms with E-state index >= 15 is 0 Å². The second-order valence-corrected chi connectivity index (χ2v) is 4.54. The van der Waals surface area contributed by atoms with E-state index in [1.54, 1.807) is 6.92 Å². The van der Waals surface area contributed by atoms with Crippen LogP contribution in [0, 0.1) is 0 Å². The molecule has 2 rings (SSSR count). The molecule has 0 aliphatic rings. The zero-order valence-corrected chi connectivity index (χ0v) is 12.8. The number of rotatable bonds is 7. The topological polar surface area (TPSA) is 79.1 Å². The molecule has 7 nitrogen and oxygen atoms in total. The molecule has 0 radical (unpaired) electrons. The van der Waals surface area contributed by atoms with Crippen LogP contribution in [0.3, 0.4) is 0 Å². The van der Waals surface area contributed by atoms with Crippen molar-refractivity contribution in [3.05, 3.63) is 12.2 Å². The quantitative estimate of drug-likeness (QED) is 0.574. The molecule has 8 heteroatoms. The molecule has 0 bridgehead atoms. The maximum atomic E-state index is 11.4. The van der Waals surface area contributed by atoms with E-state index in [0.717, 1.165) is 0 Å². The minimum absolute atomic E-state index is 0.207. The number of hydrogen-bond donors (Lipinski definition) is 0. The van der Waals surface area contributed by atoms with Crippen LogP contribution in [0.5, 0.6) is 5.88 Å². The fourth-order valence-electron chi connectivity index (χ4n) is 2.06. The van der Waals surface area contributed by atoms with Crippen molar-refractivity contribution >= 4 is 28.7 Å². The van der Waals surface area contributed by atoms with Gasteiger partial charge >= 0.3 is 5.97 Å². The largest absolute Gasteiger partial charge is 0.479 e. The Hall–Kier alpha value is -1.89. The number of halogens is 1. The number of carbonyl (C=O) groups excluding carboxylic acids is 1. The Morgan fingerprint density at radius 3 is 2.90 bits per heavy atom. The van der Waals surface area contributed by atoms with Crippen LogP contribution in [0.1, 0.15) is 25.6 Å². The first kappa shape index (κ1) is 15.5. The molecule has 0 unspecified atom stereocenters. The van der Waals surface area contributed by atoms with Crippen LogP contribution in [0.25, 0.3) is 11.2 Å². The Kier molecular flexibility index (Phi) is 5.32. The molecule has 0 aliphatic carbocycles. The van der Waals surface area contributed by atoms with Crippen molar-refractivity contribution < 1.29 is 14.3 Å². The lowest BCUT2D eigenvalue weighted by Gasteiger charge is -2.07.